The third kappa shape index (κ3) is 4.16. The quantitative estimate of drug-likeness (QED) is 0.806. The Kier molecular flexibility index (Phi) is 7.46. The molecule has 0 unspecified atom stereocenters. The number of rotatable bonds is 3. The standard InChI is InChI=1S/C16H22N4O3.2ClH/c1-10(2)23-13-5-4-12-14(18-13)20(11-6-8-17-9-7-11)16(22)15(21)19(12)3;;/h4-5,10-11,17H,6-9H2,1-3H3;2*1H. The summed E-state index contributed by atoms with van der Waals surface area (Å²) in [6, 6.07) is 3.51. The normalized spacial score (nSPS) is 14.9. The van der Waals surface area contributed by atoms with Crippen molar-refractivity contribution in [1.29, 1.82) is 0 Å². The Morgan fingerprint density at radius 2 is 1.80 bits per heavy atom. The van der Waals surface area contributed by atoms with E-state index in [-0.39, 0.29) is 37.0 Å². The molecule has 0 aromatic carbocycles. The predicted octanol–water partition coefficient (Wildman–Crippen LogP) is 1.65. The van der Waals surface area contributed by atoms with E-state index in [0.717, 1.165) is 25.9 Å². The van der Waals surface area contributed by atoms with Crippen molar-refractivity contribution in [3.05, 3.63) is 32.8 Å². The minimum atomic E-state index is -0.518. The van der Waals surface area contributed by atoms with Crippen LogP contribution in [0.3, 0.4) is 0 Å². The molecule has 140 valence electrons. The summed E-state index contributed by atoms with van der Waals surface area (Å²) in [6.07, 6.45) is 1.60. The van der Waals surface area contributed by atoms with Gasteiger partial charge in [0.15, 0.2) is 5.65 Å². The molecule has 1 fully saturated rings. The van der Waals surface area contributed by atoms with Crippen LogP contribution in [-0.4, -0.2) is 33.3 Å². The van der Waals surface area contributed by atoms with Gasteiger partial charge in [-0.05, 0) is 45.8 Å². The van der Waals surface area contributed by atoms with Crippen LogP contribution in [0.5, 0.6) is 5.88 Å². The molecule has 0 amide bonds. The molecule has 0 saturated carbocycles. The van der Waals surface area contributed by atoms with Gasteiger partial charge in [-0.1, -0.05) is 0 Å². The Morgan fingerprint density at radius 3 is 2.40 bits per heavy atom. The Morgan fingerprint density at radius 1 is 1.16 bits per heavy atom. The Bertz CT molecular complexity index is 842. The highest BCUT2D eigenvalue weighted by Crippen LogP contribution is 2.22. The van der Waals surface area contributed by atoms with E-state index < -0.39 is 11.1 Å². The number of nitrogens with one attached hydrogen (secondary N) is 1. The van der Waals surface area contributed by atoms with Crippen LogP contribution >= 0.6 is 24.8 Å². The second-order valence-corrected chi connectivity index (χ2v) is 6.18. The fourth-order valence-electron chi connectivity index (χ4n) is 3.03. The summed E-state index contributed by atoms with van der Waals surface area (Å²) in [5, 5.41) is 3.27. The number of nitrogens with zero attached hydrogens (tertiary/aromatic N) is 3. The molecule has 25 heavy (non-hydrogen) atoms. The summed E-state index contributed by atoms with van der Waals surface area (Å²) in [5.41, 5.74) is 0.128. The zero-order chi connectivity index (χ0) is 16.6. The molecule has 3 rings (SSSR count). The molecular formula is C16H24Cl2N4O3. The smallest absolute Gasteiger partial charge is 0.318 e. The Balaban J connectivity index is 0.00000156. The number of hydrogen-bond acceptors (Lipinski definition) is 5. The summed E-state index contributed by atoms with van der Waals surface area (Å²) in [4.78, 5) is 29.3. The van der Waals surface area contributed by atoms with E-state index in [0.29, 0.717) is 17.0 Å². The van der Waals surface area contributed by atoms with Gasteiger partial charge in [-0.15, -0.1) is 24.8 Å². The average molecular weight is 391 g/mol. The number of pyridine rings is 1. The average Bonchev–Trinajstić information content (AvgIpc) is 2.53. The van der Waals surface area contributed by atoms with Crippen molar-refractivity contribution in [2.45, 2.75) is 38.8 Å². The molecule has 0 atom stereocenters. The van der Waals surface area contributed by atoms with Crippen molar-refractivity contribution < 1.29 is 4.74 Å². The van der Waals surface area contributed by atoms with E-state index in [1.54, 1.807) is 23.7 Å². The molecule has 0 spiro atoms. The van der Waals surface area contributed by atoms with Gasteiger partial charge in [0.1, 0.15) is 0 Å². The zero-order valence-corrected chi connectivity index (χ0v) is 16.2. The number of aromatic nitrogens is 3. The monoisotopic (exact) mass is 390 g/mol. The van der Waals surface area contributed by atoms with E-state index in [9.17, 15) is 9.59 Å². The van der Waals surface area contributed by atoms with Gasteiger partial charge in [-0.3, -0.25) is 14.2 Å². The van der Waals surface area contributed by atoms with Crippen LogP contribution < -0.4 is 21.2 Å². The summed E-state index contributed by atoms with van der Waals surface area (Å²) >= 11 is 0. The van der Waals surface area contributed by atoms with Crippen LogP contribution in [0.1, 0.15) is 32.7 Å². The first-order chi connectivity index (χ1) is 11.0. The van der Waals surface area contributed by atoms with Crippen LogP contribution in [-0.2, 0) is 7.05 Å². The first-order valence-electron chi connectivity index (χ1n) is 7.98. The van der Waals surface area contributed by atoms with Gasteiger partial charge in [0, 0.05) is 19.2 Å². The highest BCUT2D eigenvalue weighted by Gasteiger charge is 2.22. The summed E-state index contributed by atoms with van der Waals surface area (Å²) in [6.45, 7) is 5.50. The molecule has 1 aliphatic heterocycles. The predicted molar refractivity (Wildman–Crippen MR) is 103 cm³/mol. The van der Waals surface area contributed by atoms with Crippen molar-refractivity contribution in [2.75, 3.05) is 13.1 Å². The van der Waals surface area contributed by atoms with Gasteiger partial charge >= 0.3 is 11.1 Å². The van der Waals surface area contributed by atoms with Gasteiger partial charge in [0.2, 0.25) is 5.88 Å². The number of halogens is 2. The molecule has 0 bridgehead atoms. The van der Waals surface area contributed by atoms with Crippen molar-refractivity contribution in [2.24, 2.45) is 7.05 Å². The Hall–Kier alpha value is -1.57. The van der Waals surface area contributed by atoms with Crippen LogP contribution in [0.2, 0.25) is 0 Å². The van der Waals surface area contributed by atoms with Gasteiger partial charge in [0.05, 0.1) is 11.6 Å². The SMILES string of the molecule is CC(C)Oc1ccc2c(n1)n(C1CCNCC1)c(=O)c(=O)n2C.Cl.Cl. The molecule has 2 aromatic rings. The maximum Gasteiger partial charge on any atom is 0.318 e. The highest BCUT2D eigenvalue weighted by atomic mass is 35.5. The minimum Gasteiger partial charge on any atom is -0.475 e. The van der Waals surface area contributed by atoms with Gasteiger partial charge < -0.3 is 14.6 Å². The molecule has 1 aliphatic rings. The van der Waals surface area contributed by atoms with E-state index >= 15 is 0 Å². The fourth-order valence-corrected chi connectivity index (χ4v) is 3.03. The van der Waals surface area contributed by atoms with Crippen molar-refractivity contribution in [3.63, 3.8) is 0 Å². The molecule has 1 N–H and O–H groups in total. The van der Waals surface area contributed by atoms with Crippen molar-refractivity contribution >= 4 is 36.0 Å². The number of fused-ring (bicyclic) bond motifs is 1. The number of hydrogen-bond donors (Lipinski definition) is 1. The first kappa shape index (κ1) is 21.5. The van der Waals surface area contributed by atoms with Crippen LogP contribution in [0.25, 0.3) is 11.2 Å². The molecule has 3 heterocycles. The van der Waals surface area contributed by atoms with E-state index in [2.05, 4.69) is 10.3 Å². The molecule has 1 saturated heterocycles. The third-order valence-corrected chi connectivity index (χ3v) is 4.16. The van der Waals surface area contributed by atoms with Crippen LogP contribution in [0.15, 0.2) is 21.7 Å². The van der Waals surface area contributed by atoms with Crippen molar-refractivity contribution in [3.8, 4) is 5.88 Å². The number of ether oxygens (including phenoxy) is 1. The van der Waals surface area contributed by atoms with E-state index in [1.807, 2.05) is 13.8 Å². The van der Waals surface area contributed by atoms with Gasteiger partial charge in [0.25, 0.3) is 0 Å². The minimum absolute atomic E-state index is 0. The molecule has 7 nitrogen and oxygen atoms in total. The second kappa shape index (κ2) is 8.69. The van der Waals surface area contributed by atoms with Crippen LogP contribution in [0, 0.1) is 0 Å². The van der Waals surface area contributed by atoms with Crippen molar-refractivity contribution in [1.82, 2.24) is 19.4 Å². The maximum absolute atomic E-state index is 12.6. The largest absolute Gasteiger partial charge is 0.475 e. The molecule has 0 radical (unpaired) electrons. The summed E-state index contributed by atoms with van der Waals surface area (Å²) in [5.74, 6) is 0.466. The van der Waals surface area contributed by atoms with Gasteiger partial charge in [-0.25, -0.2) is 0 Å². The van der Waals surface area contributed by atoms with E-state index in [1.165, 1.54) is 4.57 Å². The van der Waals surface area contributed by atoms with Crippen LogP contribution in [0.4, 0.5) is 0 Å². The summed E-state index contributed by atoms with van der Waals surface area (Å²) < 4.78 is 8.57. The van der Waals surface area contributed by atoms with E-state index in [4.69, 9.17) is 4.74 Å². The fraction of sp³-hybridized carbons (Fsp3) is 0.562. The zero-order valence-electron chi connectivity index (χ0n) is 14.5. The number of aryl methyl sites for hydroxylation is 1. The molecule has 9 heteroatoms. The molecule has 0 aliphatic carbocycles. The maximum atomic E-state index is 12.6. The first-order valence-corrected chi connectivity index (χ1v) is 7.98. The Labute approximate surface area is 158 Å². The third-order valence-electron chi connectivity index (χ3n) is 4.16. The van der Waals surface area contributed by atoms with Gasteiger partial charge in [-0.2, -0.15) is 4.98 Å². The number of piperidine rings is 1. The molecule has 2 aromatic heterocycles. The lowest BCUT2D eigenvalue weighted by Crippen LogP contribution is -2.44. The topological polar surface area (TPSA) is 78.2 Å². The summed E-state index contributed by atoms with van der Waals surface area (Å²) in [7, 11) is 1.60. The molecular weight excluding hydrogens is 367 g/mol. The lowest BCUT2D eigenvalue weighted by molar-refractivity contribution is 0.233. The highest BCUT2D eigenvalue weighted by molar-refractivity contribution is 5.85. The lowest BCUT2D eigenvalue weighted by atomic mass is 10.1. The lowest BCUT2D eigenvalue weighted by Gasteiger charge is -2.26. The second-order valence-electron chi connectivity index (χ2n) is 6.18.